The number of hydrogen-bond acceptors (Lipinski definition) is 2. The maximum atomic E-state index is 4.80. The molecule has 0 aliphatic heterocycles. The van der Waals surface area contributed by atoms with Crippen LogP contribution in [0.5, 0.6) is 0 Å². The van der Waals surface area contributed by atoms with Gasteiger partial charge in [-0.1, -0.05) is 171 Å². The molecule has 278 valence electrons. The van der Waals surface area contributed by atoms with Gasteiger partial charge in [-0.3, -0.25) is 4.57 Å². The van der Waals surface area contributed by atoms with E-state index in [9.17, 15) is 0 Å². The van der Waals surface area contributed by atoms with E-state index in [-0.39, 0.29) is 16.2 Å². The molecule has 5 aromatic carbocycles. The summed E-state index contributed by atoms with van der Waals surface area (Å²) in [6, 6.07) is 41.4. The van der Waals surface area contributed by atoms with Gasteiger partial charge in [0.1, 0.15) is 5.82 Å². The summed E-state index contributed by atoms with van der Waals surface area (Å²) >= 11 is 0. The first-order valence-corrected chi connectivity index (χ1v) is 20.4. The van der Waals surface area contributed by atoms with E-state index >= 15 is 0 Å². The zero-order valence-electron chi connectivity index (χ0n) is 34.2. The lowest BCUT2D eigenvalue weighted by molar-refractivity contribution is 0.413. The minimum atomic E-state index is -0.146. The average molecular weight is 714 g/mol. The van der Waals surface area contributed by atoms with Crippen LogP contribution in [-0.2, 0) is 16.2 Å². The molecule has 1 aromatic heterocycles. The Morgan fingerprint density at radius 1 is 0.593 bits per heavy atom. The van der Waals surface area contributed by atoms with Crippen LogP contribution in [0.25, 0.3) is 39.3 Å². The molecular weight excluding hydrogens is 655 g/mol. The quantitative estimate of drug-likeness (QED) is 0.119. The lowest BCUT2D eigenvalue weighted by Crippen LogP contribution is -2.26. The summed E-state index contributed by atoms with van der Waals surface area (Å²) < 4.78 is 2.29. The van der Waals surface area contributed by atoms with Gasteiger partial charge >= 0.3 is 0 Å². The Balaban J connectivity index is 1.22. The van der Waals surface area contributed by atoms with Crippen molar-refractivity contribution >= 4 is 0 Å². The van der Waals surface area contributed by atoms with Gasteiger partial charge in [0.2, 0.25) is 0 Å². The highest BCUT2D eigenvalue weighted by Gasteiger charge is 2.42. The molecule has 54 heavy (non-hydrogen) atoms. The Kier molecular flexibility index (Phi) is 10.3. The normalized spacial score (nSPS) is 13.6. The number of aryl methyl sites for hydroxylation is 2. The smallest absolute Gasteiger partial charge is 0.168 e. The first-order chi connectivity index (χ1) is 25.9. The molecule has 0 amide bonds. The standard InChI is InChI=1S/C51H59N3/c1-10-13-30-51(31-14-11-2)44-21-16-15-20-42(44)43-28-27-41(34-45(43)51)50(8,9)40-25-22-37(23-26-40)38-24-29-46(36(5)33-38)54-47(39-19-17-18-35(4)32-39)52-53-48(54)49(6,7)12-3/h15-29,32-34H,10-14,30-31H2,1-9H3. The van der Waals surface area contributed by atoms with Crippen LogP contribution in [0.4, 0.5) is 0 Å². The van der Waals surface area contributed by atoms with Crippen LogP contribution in [0.1, 0.15) is 133 Å². The highest BCUT2D eigenvalue weighted by Crippen LogP contribution is 2.55. The molecule has 6 aromatic rings. The van der Waals surface area contributed by atoms with Crippen molar-refractivity contribution in [3.63, 3.8) is 0 Å². The van der Waals surface area contributed by atoms with E-state index in [1.54, 1.807) is 11.1 Å². The second-order valence-electron chi connectivity index (χ2n) is 17.1. The van der Waals surface area contributed by atoms with Crippen molar-refractivity contribution in [2.24, 2.45) is 0 Å². The topological polar surface area (TPSA) is 30.7 Å². The number of aromatic nitrogens is 3. The summed E-state index contributed by atoms with van der Waals surface area (Å²) in [5.74, 6) is 1.88. The number of benzene rings is 5. The van der Waals surface area contributed by atoms with Crippen LogP contribution >= 0.6 is 0 Å². The van der Waals surface area contributed by atoms with Crippen LogP contribution in [-0.4, -0.2) is 14.8 Å². The predicted octanol–water partition coefficient (Wildman–Crippen LogP) is 13.9. The minimum absolute atomic E-state index is 0.0958. The van der Waals surface area contributed by atoms with Crippen molar-refractivity contribution in [1.29, 1.82) is 0 Å². The fourth-order valence-electron chi connectivity index (χ4n) is 8.88. The SMILES string of the molecule is CCCCC1(CCCC)c2ccccc2-c2ccc(C(C)(C)c3ccc(-c4ccc(-n5c(-c6cccc(C)c6)nnc5C(C)(C)CC)c(C)c4)cc3)cc21. The molecule has 1 aliphatic rings. The highest BCUT2D eigenvalue weighted by atomic mass is 15.3. The third-order valence-corrected chi connectivity index (χ3v) is 12.7. The third-order valence-electron chi connectivity index (χ3n) is 12.7. The third kappa shape index (κ3) is 6.54. The number of unbranched alkanes of at least 4 members (excludes halogenated alkanes) is 2. The molecular formula is C51H59N3. The van der Waals surface area contributed by atoms with Crippen molar-refractivity contribution in [3.8, 4) is 39.3 Å². The van der Waals surface area contributed by atoms with E-state index in [1.165, 1.54) is 83.0 Å². The first kappa shape index (κ1) is 37.6. The lowest BCUT2D eigenvalue weighted by Gasteiger charge is -2.34. The van der Waals surface area contributed by atoms with E-state index in [4.69, 9.17) is 10.2 Å². The molecule has 0 unspecified atom stereocenters. The number of fused-ring (bicyclic) bond motifs is 3. The molecule has 0 saturated carbocycles. The van der Waals surface area contributed by atoms with Crippen LogP contribution in [0.2, 0.25) is 0 Å². The van der Waals surface area contributed by atoms with Gasteiger partial charge in [-0.2, -0.15) is 0 Å². The molecule has 1 heterocycles. The molecule has 0 saturated heterocycles. The van der Waals surface area contributed by atoms with Gasteiger partial charge < -0.3 is 0 Å². The number of hydrogen-bond donors (Lipinski definition) is 0. The van der Waals surface area contributed by atoms with Gasteiger partial charge in [0.15, 0.2) is 5.82 Å². The molecule has 7 rings (SSSR count). The van der Waals surface area contributed by atoms with Crippen molar-refractivity contribution in [1.82, 2.24) is 14.8 Å². The summed E-state index contributed by atoms with van der Waals surface area (Å²) in [4.78, 5) is 0. The fourth-order valence-corrected chi connectivity index (χ4v) is 8.88. The van der Waals surface area contributed by atoms with Gasteiger partial charge in [-0.25, -0.2) is 0 Å². The van der Waals surface area contributed by atoms with Crippen molar-refractivity contribution in [2.45, 2.75) is 124 Å². The summed E-state index contributed by atoms with van der Waals surface area (Å²) in [6.45, 7) is 20.5. The molecule has 3 heteroatoms. The first-order valence-electron chi connectivity index (χ1n) is 20.4. The summed E-state index contributed by atoms with van der Waals surface area (Å²) in [5.41, 5.74) is 15.6. The predicted molar refractivity (Wildman–Crippen MR) is 229 cm³/mol. The van der Waals surface area contributed by atoms with Crippen LogP contribution in [0.15, 0.2) is 109 Å². The monoisotopic (exact) mass is 713 g/mol. The summed E-state index contributed by atoms with van der Waals surface area (Å²) in [6.07, 6.45) is 8.34. The van der Waals surface area contributed by atoms with Gasteiger partial charge in [-0.15, -0.1) is 10.2 Å². The van der Waals surface area contributed by atoms with Gasteiger partial charge in [0.05, 0.1) is 5.69 Å². The van der Waals surface area contributed by atoms with Gasteiger partial charge in [0, 0.05) is 21.8 Å². The maximum Gasteiger partial charge on any atom is 0.168 e. The van der Waals surface area contributed by atoms with E-state index in [2.05, 4.69) is 176 Å². The van der Waals surface area contributed by atoms with Gasteiger partial charge in [0.25, 0.3) is 0 Å². The summed E-state index contributed by atoms with van der Waals surface area (Å²) in [7, 11) is 0. The Bertz CT molecular complexity index is 2260. The zero-order valence-corrected chi connectivity index (χ0v) is 34.2. The lowest BCUT2D eigenvalue weighted by atomic mass is 9.69. The van der Waals surface area contributed by atoms with E-state index < -0.39 is 0 Å². The molecule has 0 bridgehead atoms. The van der Waals surface area contributed by atoms with Crippen molar-refractivity contribution < 1.29 is 0 Å². The second kappa shape index (κ2) is 14.8. The molecule has 0 N–H and O–H groups in total. The average Bonchev–Trinajstić information content (AvgIpc) is 3.75. The highest BCUT2D eigenvalue weighted by molar-refractivity contribution is 5.81. The van der Waals surface area contributed by atoms with E-state index in [0.717, 1.165) is 29.3 Å². The van der Waals surface area contributed by atoms with Crippen LogP contribution in [0, 0.1) is 13.8 Å². The van der Waals surface area contributed by atoms with Crippen molar-refractivity contribution in [2.75, 3.05) is 0 Å². The Labute approximate surface area is 324 Å². The molecule has 0 radical (unpaired) electrons. The molecule has 0 atom stereocenters. The van der Waals surface area contributed by atoms with Crippen LogP contribution in [0.3, 0.4) is 0 Å². The molecule has 1 aliphatic carbocycles. The molecule has 0 fully saturated rings. The zero-order chi connectivity index (χ0) is 38.3. The molecule has 3 nitrogen and oxygen atoms in total. The summed E-state index contributed by atoms with van der Waals surface area (Å²) in [5, 5.41) is 9.57. The van der Waals surface area contributed by atoms with E-state index in [0.29, 0.717) is 0 Å². The molecule has 0 spiro atoms. The minimum Gasteiger partial charge on any atom is -0.278 e. The van der Waals surface area contributed by atoms with Crippen LogP contribution < -0.4 is 0 Å². The Morgan fingerprint density at radius 2 is 1.26 bits per heavy atom. The van der Waals surface area contributed by atoms with E-state index in [1.807, 2.05) is 0 Å². The van der Waals surface area contributed by atoms with Crippen molar-refractivity contribution in [3.05, 3.63) is 148 Å². The Hall–Kier alpha value is -4.76. The number of rotatable bonds is 13. The fraction of sp³-hybridized carbons (Fsp3) is 0.373. The number of nitrogens with zero attached hydrogens (tertiary/aromatic N) is 3. The van der Waals surface area contributed by atoms with Gasteiger partial charge in [-0.05, 0) is 101 Å². The second-order valence-corrected chi connectivity index (χ2v) is 17.1. The largest absolute Gasteiger partial charge is 0.278 e. The Morgan fingerprint density at radius 3 is 1.93 bits per heavy atom. The maximum absolute atomic E-state index is 4.80.